The largest absolute Gasteiger partial charge is 0.497 e. The molecule has 2 aromatic rings. The average molecular weight is 341 g/mol. The first kappa shape index (κ1) is 18.7. The van der Waals surface area contributed by atoms with Crippen molar-refractivity contribution in [2.24, 2.45) is 5.92 Å². The molecule has 134 valence electrons. The maximum Gasteiger partial charge on any atom is 0.142 e. The van der Waals surface area contributed by atoms with Gasteiger partial charge >= 0.3 is 0 Å². The Hall–Kier alpha value is -2.62. The molecule has 25 heavy (non-hydrogen) atoms. The van der Waals surface area contributed by atoms with Crippen LogP contribution in [0.25, 0.3) is 6.08 Å². The highest BCUT2D eigenvalue weighted by Crippen LogP contribution is 2.30. The lowest BCUT2D eigenvalue weighted by atomic mass is 9.93. The van der Waals surface area contributed by atoms with E-state index in [9.17, 15) is 0 Å². The summed E-state index contributed by atoms with van der Waals surface area (Å²) in [6.07, 6.45) is 2.99. The molecule has 0 aromatic heterocycles. The first-order chi connectivity index (χ1) is 12.0. The Balaban J connectivity index is 2.39. The smallest absolute Gasteiger partial charge is 0.142 e. The number of hydrogen-bond donors (Lipinski definition) is 1. The number of ether oxygens (including phenoxy) is 3. The number of hydrogen-bond acceptors (Lipinski definition) is 4. The van der Waals surface area contributed by atoms with Gasteiger partial charge in [0.15, 0.2) is 0 Å². The molecule has 0 spiro atoms. The number of nitrogen functional groups attached to an aromatic ring is 1. The summed E-state index contributed by atoms with van der Waals surface area (Å²) < 4.78 is 16.2. The third kappa shape index (κ3) is 4.69. The second-order valence-corrected chi connectivity index (χ2v) is 6.23. The molecule has 2 N–H and O–H groups in total. The van der Waals surface area contributed by atoms with Crippen molar-refractivity contribution in [3.8, 4) is 17.2 Å². The monoisotopic (exact) mass is 341 g/mol. The van der Waals surface area contributed by atoms with E-state index >= 15 is 0 Å². The highest BCUT2D eigenvalue weighted by Gasteiger charge is 2.10. The summed E-state index contributed by atoms with van der Waals surface area (Å²) in [6, 6.07) is 11.7. The van der Waals surface area contributed by atoms with E-state index in [1.807, 2.05) is 36.4 Å². The molecular weight excluding hydrogens is 314 g/mol. The van der Waals surface area contributed by atoms with E-state index in [1.54, 1.807) is 21.3 Å². The number of anilines is 1. The topological polar surface area (TPSA) is 53.7 Å². The van der Waals surface area contributed by atoms with E-state index < -0.39 is 0 Å². The fourth-order valence-electron chi connectivity index (χ4n) is 2.67. The van der Waals surface area contributed by atoms with E-state index in [0.717, 1.165) is 29.0 Å². The molecule has 0 amide bonds. The number of benzene rings is 2. The lowest BCUT2D eigenvalue weighted by Crippen LogP contribution is -2.01. The first-order valence-electron chi connectivity index (χ1n) is 8.33. The van der Waals surface area contributed by atoms with Crippen LogP contribution in [-0.2, 0) is 6.42 Å². The number of allylic oxidation sites excluding steroid dienone is 1. The van der Waals surface area contributed by atoms with Crippen LogP contribution < -0.4 is 19.9 Å². The molecule has 0 fully saturated rings. The maximum absolute atomic E-state index is 5.91. The highest BCUT2D eigenvalue weighted by atomic mass is 16.5. The van der Waals surface area contributed by atoms with Crippen molar-refractivity contribution < 1.29 is 14.2 Å². The number of rotatable bonds is 7. The van der Waals surface area contributed by atoms with Crippen LogP contribution in [0.5, 0.6) is 17.2 Å². The third-order valence-electron chi connectivity index (χ3n) is 4.23. The van der Waals surface area contributed by atoms with Gasteiger partial charge in [0, 0.05) is 5.56 Å². The molecule has 2 rings (SSSR count). The van der Waals surface area contributed by atoms with Crippen molar-refractivity contribution >= 4 is 11.8 Å². The highest BCUT2D eigenvalue weighted by molar-refractivity contribution is 5.63. The van der Waals surface area contributed by atoms with Crippen LogP contribution in [0.3, 0.4) is 0 Å². The second kappa shape index (κ2) is 8.47. The summed E-state index contributed by atoms with van der Waals surface area (Å²) in [5.74, 6) is 2.73. The van der Waals surface area contributed by atoms with Crippen molar-refractivity contribution in [2.45, 2.75) is 20.3 Å². The van der Waals surface area contributed by atoms with E-state index in [0.29, 0.717) is 17.4 Å². The standard InChI is InChI=1S/C21H27NO3/c1-14(2)16(10-15-6-8-19(22)21(11-15)25-5)12-17-13-18(23-3)7-9-20(17)24-4/h6-9,11-14H,10,22H2,1-5H3/b16-12+. The molecule has 0 heterocycles. The van der Waals surface area contributed by atoms with E-state index in [-0.39, 0.29) is 0 Å². The molecule has 0 aliphatic heterocycles. The number of nitrogens with two attached hydrogens (primary N) is 1. The molecule has 0 radical (unpaired) electrons. The lowest BCUT2D eigenvalue weighted by molar-refractivity contribution is 0.402. The van der Waals surface area contributed by atoms with Gasteiger partial charge in [0.25, 0.3) is 0 Å². The van der Waals surface area contributed by atoms with Crippen molar-refractivity contribution in [3.63, 3.8) is 0 Å². The molecule has 0 saturated heterocycles. The molecule has 0 atom stereocenters. The quantitative estimate of drug-likeness (QED) is 0.749. The Morgan fingerprint density at radius 1 is 0.960 bits per heavy atom. The molecule has 2 aromatic carbocycles. The predicted octanol–water partition coefficient (Wildman–Crippen LogP) is 4.58. The van der Waals surface area contributed by atoms with Crippen LogP contribution >= 0.6 is 0 Å². The predicted molar refractivity (Wildman–Crippen MR) is 103 cm³/mol. The zero-order valence-corrected chi connectivity index (χ0v) is 15.6. The molecule has 0 saturated carbocycles. The minimum atomic E-state index is 0.388. The fourth-order valence-corrected chi connectivity index (χ4v) is 2.67. The SMILES string of the molecule is COc1ccc(OC)c(/C=C(\Cc2ccc(N)c(OC)c2)C(C)C)c1. The Kier molecular flexibility index (Phi) is 6.34. The van der Waals surface area contributed by atoms with Crippen LogP contribution in [0.1, 0.15) is 25.0 Å². The normalized spacial score (nSPS) is 11.5. The van der Waals surface area contributed by atoms with Gasteiger partial charge in [0.2, 0.25) is 0 Å². The average Bonchev–Trinajstić information content (AvgIpc) is 2.62. The van der Waals surface area contributed by atoms with Crippen molar-refractivity contribution in [1.29, 1.82) is 0 Å². The third-order valence-corrected chi connectivity index (χ3v) is 4.23. The van der Waals surface area contributed by atoms with Crippen molar-refractivity contribution in [1.82, 2.24) is 0 Å². The van der Waals surface area contributed by atoms with Crippen LogP contribution in [0.15, 0.2) is 42.0 Å². The zero-order valence-electron chi connectivity index (χ0n) is 15.6. The summed E-state index contributed by atoms with van der Waals surface area (Å²) in [6.45, 7) is 4.38. The Morgan fingerprint density at radius 3 is 2.28 bits per heavy atom. The van der Waals surface area contributed by atoms with E-state index in [1.165, 1.54) is 5.57 Å². The van der Waals surface area contributed by atoms with Gasteiger partial charge in [-0.3, -0.25) is 0 Å². The molecule has 0 aliphatic rings. The first-order valence-corrected chi connectivity index (χ1v) is 8.33. The molecule has 4 nitrogen and oxygen atoms in total. The number of methoxy groups -OCH3 is 3. The summed E-state index contributed by atoms with van der Waals surface area (Å²) in [5.41, 5.74) is 10.0. The summed E-state index contributed by atoms with van der Waals surface area (Å²) in [4.78, 5) is 0. The fraction of sp³-hybridized carbons (Fsp3) is 0.333. The van der Waals surface area contributed by atoms with Crippen LogP contribution in [0.4, 0.5) is 5.69 Å². The van der Waals surface area contributed by atoms with Gasteiger partial charge in [-0.05, 0) is 48.2 Å². The van der Waals surface area contributed by atoms with Gasteiger partial charge in [-0.25, -0.2) is 0 Å². The van der Waals surface area contributed by atoms with Gasteiger partial charge in [0.1, 0.15) is 17.2 Å². The zero-order chi connectivity index (χ0) is 18.4. The van der Waals surface area contributed by atoms with Crippen molar-refractivity contribution in [3.05, 3.63) is 53.1 Å². The summed E-state index contributed by atoms with van der Waals surface area (Å²) in [7, 11) is 4.98. The Labute approximate surface area is 150 Å². The van der Waals surface area contributed by atoms with Gasteiger partial charge in [-0.1, -0.05) is 31.6 Å². The summed E-state index contributed by atoms with van der Waals surface area (Å²) >= 11 is 0. The molecule has 0 unspecified atom stereocenters. The van der Waals surface area contributed by atoms with Gasteiger partial charge in [0.05, 0.1) is 27.0 Å². The Bertz CT molecular complexity index is 751. The van der Waals surface area contributed by atoms with E-state index in [2.05, 4.69) is 19.9 Å². The minimum Gasteiger partial charge on any atom is -0.497 e. The molecule has 4 heteroatoms. The van der Waals surface area contributed by atoms with Gasteiger partial charge < -0.3 is 19.9 Å². The van der Waals surface area contributed by atoms with Gasteiger partial charge in [-0.2, -0.15) is 0 Å². The lowest BCUT2D eigenvalue weighted by Gasteiger charge is -2.15. The van der Waals surface area contributed by atoms with Crippen LogP contribution in [0.2, 0.25) is 0 Å². The minimum absolute atomic E-state index is 0.388. The second-order valence-electron chi connectivity index (χ2n) is 6.23. The molecule has 0 bridgehead atoms. The van der Waals surface area contributed by atoms with E-state index in [4.69, 9.17) is 19.9 Å². The van der Waals surface area contributed by atoms with Crippen molar-refractivity contribution in [2.75, 3.05) is 27.1 Å². The molecular formula is C21H27NO3. The maximum atomic E-state index is 5.91. The van der Waals surface area contributed by atoms with Crippen LogP contribution in [0, 0.1) is 5.92 Å². The van der Waals surface area contributed by atoms with Crippen LogP contribution in [-0.4, -0.2) is 21.3 Å². The Morgan fingerprint density at radius 2 is 1.68 bits per heavy atom. The molecule has 0 aliphatic carbocycles. The summed E-state index contributed by atoms with van der Waals surface area (Å²) in [5, 5.41) is 0. The van der Waals surface area contributed by atoms with Gasteiger partial charge in [-0.15, -0.1) is 0 Å².